The van der Waals surface area contributed by atoms with Gasteiger partial charge in [0.1, 0.15) is 5.58 Å². The fraction of sp³-hybridized carbons (Fsp3) is 0. The summed E-state index contributed by atoms with van der Waals surface area (Å²) >= 11 is 0. The minimum atomic E-state index is 0.876. The maximum Gasteiger partial charge on any atom is 0.159 e. The number of rotatable bonds is 4. The van der Waals surface area contributed by atoms with Crippen LogP contribution in [-0.2, 0) is 0 Å². The lowest BCUT2D eigenvalue weighted by Gasteiger charge is -2.26. The van der Waals surface area contributed by atoms with Crippen LogP contribution in [0.3, 0.4) is 0 Å². The molecule has 1 aromatic heterocycles. The number of fused-ring (bicyclic) bond motifs is 9. The van der Waals surface area contributed by atoms with E-state index < -0.39 is 0 Å². The zero-order valence-electron chi connectivity index (χ0n) is 26.1. The molecule has 2 heteroatoms. The standard InChI is InChI=1S/C46H29NO/c1-3-12-37-30(9-1)11-7-15-38(37)32-23-25-35(26-24-32)47(43-17-8-16-42-41-14-5-6-18-44(41)48-46(42)43)36-27-28-40-34(29-36)22-21-33-20-19-31-10-2-4-13-39(31)45(33)40/h1-29H. The number of hydrogen-bond donors (Lipinski definition) is 0. The molecule has 1 heterocycles. The first-order chi connectivity index (χ1) is 23.8. The molecule has 10 aromatic rings. The number of hydrogen-bond acceptors (Lipinski definition) is 2. The summed E-state index contributed by atoms with van der Waals surface area (Å²) in [6.45, 7) is 0. The van der Waals surface area contributed by atoms with Gasteiger partial charge in [-0.05, 0) is 90.6 Å². The molecule has 9 aromatic carbocycles. The van der Waals surface area contributed by atoms with E-state index in [2.05, 4.69) is 169 Å². The maximum absolute atomic E-state index is 6.60. The fourth-order valence-electron chi connectivity index (χ4n) is 7.57. The lowest BCUT2D eigenvalue weighted by molar-refractivity contribution is 0.669. The minimum Gasteiger partial charge on any atom is -0.454 e. The van der Waals surface area contributed by atoms with Gasteiger partial charge in [-0.15, -0.1) is 0 Å². The van der Waals surface area contributed by atoms with E-state index in [-0.39, 0.29) is 0 Å². The van der Waals surface area contributed by atoms with Crippen LogP contribution in [0.1, 0.15) is 0 Å². The van der Waals surface area contributed by atoms with E-state index in [1.165, 1.54) is 54.2 Å². The molecule has 48 heavy (non-hydrogen) atoms. The molecule has 0 saturated heterocycles. The van der Waals surface area contributed by atoms with Crippen molar-refractivity contribution in [3.63, 3.8) is 0 Å². The van der Waals surface area contributed by atoms with Crippen molar-refractivity contribution in [2.24, 2.45) is 0 Å². The summed E-state index contributed by atoms with van der Waals surface area (Å²) in [5.41, 5.74) is 7.34. The molecule has 0 aliphatic rings. The second-order valence-corrected chi connectivity index (χ2v) is 12.5. The Labute approximate surface area is 277 Å². The molecular formula is C46H29NO. The molecule has 0 radical (unpaired) electrons. The predicted molar refractivity (Wildman–Crippen MR) is 204 cm³/mol. The third-order valence-corrected chi connectivity index (χ3v) is 9.82. The minimum absolute atomic E-state index is 0.876. The van der Waals surface area contributed by atoms with Crippen LogP contribution in [0.4, 0.5) is 17.1 Å². The van der Waals surface area contributed by atoms with Gasteiger partial charge in [0.2, 0.25) is 0 Å². The largest absolute Gasteiger partial charge is 0.454 e. The summed E-state index contributed by atoms with van der Waals surface area (Å²) < 4.78 is 6.60. The van der Waals surface area contributed by atoms with Crippen molar-refractivity contribution in [2.45, 2.75) is 0 Å². The van der Waals surface area contributed by atoms with Gasteiger partial charge in [0, 0.05) is 22.1 Å². The SMILES string of the molecule is c1ccc2c(-c3ccc(N(c4ccc5c(ccc6ccc7ccccc7c65)c4)c4cccc5c4oc4ccccc45)cc3)cccc2c1. The van der Waals surface area contributed by atoms with Crippen molar-refractivity contribution in [1.82, 2.24) is 0 Å². The monoisotopic (exact) mass is 611 g/mol. The Morgan fingerprint density at radius 3 is 1.83 bits per heavy atom. The van der Waals surface area contributed by atoms with Crippen molar-refractivity contribution in [2.75, 3.05) is 4.90 Å². The molecule has 2 nitrogen and oxygen atoms in total. The number of anilines is 3. The molecule has 0 aliphatic heterocycles. The highest BCUT2D eigenvalue weighted by Gasteiger charge is 2.20. The maximum atomic E-state index is 6.60. The smallest absolute Gasteiger partial charge is 0.159 e. The third kappa shape index (κ3) is 4.13. The highest BCUT2D eigenvalue weighted by atomic mass is 16.3. The van der Waals surface area contributed by atoms with Gasteiger partial charge < -0.3 is 9.32 Å². The summed E-state index contributed by atoms with van der Waals surface area (Å²) in [5.74, 6) is 0. The first kappa shape index (κ1) is 26.8. The molecule has 0 bridgehead atoms. The Kier molecular flexibility index (Phi) is 5.91. The van der Waals surface area contributed by atoms with Gasteiger partial charge in [-0.2, -0.15) is 0 Å². The molecule has 0 atom stereocenters. The van der Waals surface area contributed by atoms with Crippen LogP contribution in [0.5, 0.6) is 0 Å². The van der Waals surface area contributed by atoms with Gasteiger partial charge in [-0.25, -0.2) is 0 Å². The van der Waals surface area contributed by atoms with Crippen molar-refractivity contribution in [1.29, 1.82) is 0 Å². The second kappa shape index (κ2) is 10.6. The van der Waals surface area contributed by atoms with E-state index >= 15 is 0 Å². The quantitative estimate of drug-likeness (QED) is 0.184. The zero-order valence-corrected chi connectivity index (χ0v) is 26.1. The third-order valence-electron chi connectivity index (χ3n) is 9.82. The zero-order chi connectivity index (χ0) is 31.6. The van der Waals surface area contributed by atoms with Crippen LogP contribution in [0.2, 0.25) is 0 Å². The summed E-state index contributed by atoms with van der Waals surface area (Å²) in [5, 5.41) is 12.3. The van der Waals surface area contributed by atoms with Crippen LogP contribution >= 0.6 is 0 Å². The topological polar surface area (TPSA) is 16.4 Å². The van der Waals surface area contributed by atoms with Gasteiger partial charge in [0.05, 0.1) is 5.69 Å². The summed E-state index contributed by atoms with van der Waals surface area (Å²) in [6.07, 6.45) is 0. The molecular weight excluding hydrogens is 583 g/mol. The van der Waals surface area contributed by atoms with E-state index in [9.17, 15) is 0 Å². The average molecular weight is 612 g/mol. The first-order valence-electron chi connectivity index (χ1n) is 16.4. The van der Waals surface area contributed by atoms with Crippen LogP contribution in [0, 0.1) is 0 Å². The number of para-hydroxylation sites is 2. The van der Waals surface area contributed by atoms with E-state index in [0.29, 0.717) is 0 Å². The van der Waals surface area contributed by atoms with Gasteiger partial charge >= 0.3 is 0 Å². The van der Waals surface area contributed by atoms with Crippen LogP contribution in [-0.4, -0.2) is 0 Å². The molecule has 0 fully saturated rings. The van der Waals surface area contributed by atoms with Crippen LogP contribution in [0.25, 0.3) is 76.2 Å². The Hall–Kier alpha value is -6.38. The molecule has 0 saturated carbocycles. The number of benzene rings is 9. The average Bonchev–Trinajstić information content (AvgIpc) is 3.54. The van der Waals surface area contributed by atoms with Crippen molar-refractivity contribution in [3.8, 4) is 11.1 Å². The van der Waals surface area contributed by atoms with Gasteiger partial charge in [0.15, 0.2) is 5.58 Å². The summed E-state index contributed by atoms with van der Waals surface area (Å²) in [4.78, 5) is 2.34. The van der Waals surface area contributed by atoms with E-state index in [0.717, 1.165) is 39.0 Å². The van der Waals surface area contributed by atoms with Crippen LogP contribution < -0.4 is 4.90 Å². The van der Waals surface area contributed by atoms with Crippen molar-refractivity contribution >= 4 is 82.1 Å². The van der Waals surface area contributed by atoms with Crippen LogP contribution in [0.15, 0.2) is 180 Å². The van der Waals surface area contributed by atoms with Gasteiger partial charge in [-0.3, -0.25) is 0 Å². The Morgan fingerprint density at radius 2 is 0.979 bits per heavy atom. The van der Waals surface area contributed by atoms with Crippen molar-refractivity contribution in [3.05, 3.63) is 176 Å². The lowest BCUT2D eigenvalue weighted by atomic mass is 9.96. The predicted octanol–water partition coefficient (Wildman–Crippen LogP) is 13.3. The Balaban J connectivity index is 1.19. The van der Waals surface area contributed by atoms with E-state index in [1.807, 2.05) is 12.1 Å². The second-order valence-electron chi connectivity index (χ2n) is 12.5. The Morgan fingerprint density at radius 1 is 0.375 bits per heavy atom. The van der Waals surface area contributed by atoms with Crippen molar-refractivity contribution < 1.29 is 4.42 Å². The molecule has 10 rings (SSSR count). The number of nitrogens with zero attached hydrogens (tertiary/aromatic N) is 1. The fourth-order valence-corrected chi connectivity index (χ4v) is 7.57. The molecule has 0 spiro atoms. The summed E-state index contributed by atoms with van der Waals surface area (Å²) in [7, 11) is 0. The highest BCUT2D eigenvalue weighted by Crippen LogP contribution is 2.44. The number of furan rings is 1. The molecule has 224 valence electrons. The van der Waals surface area contributed by atoms with E-state index in [1.54, 1.807) is 0 Å². The van der Waals surface area contributed by atoms with E-state index in [4.69, 9.17) is 4.42 Å². The summed E-state index contributed by atoms with van der Waals surface area (Å²) in [6, 6.07) is 63.3. The Bertz CT molecular complexity index is 2840. The van der Waals surface area contributed by atoms with Gasteiger partial charge in [0.25, 0.3) is 0 Å². The molecule has 0 N–H and O–H groups in total. The normalized spacial score (nSPS) is 11.8. The first-order valence-corrected chi connectivity index (χ1v) is 16.4. The molecule has 0 unspecified atom stereocenters. The lowest BCUT2D eigenvalue weighted by Crippen LogP contribution is -2.10. The molecule has 0 amide bonds. The highest BCUT2D eigenvalue weighted by molar-refractivity contribution is 6.20. The molecule has 0 aliphatic carbocycles. The van der Waals surface area contributed by atoms with Gasteiger partial charge in [-0.1, -0.05) is 140 Å².